The SMILES string of the molecule is O=[PH+]O.[Nb]. The Morgan fingerprint density at radius 3 is 1.75 bits per heavy atom. The molecule has 0 heterocycles. The van der Waals surface area contributed by atoms with E-state index in [9.17, 15) is 0 Å². The molecule has 2 nitrogen and oxygen atoms in total. The second-order valence-corrected chi connectivity index (χ2v) is 0.274. The summed E-state index contributed by atoms with van der Waals surface area (Å²) in [5, 5.41) is 0. The minimum Gasteiger partial charge on any atom is -0.162 e. The van der Waals surface area contributed by atoms with Crippen LogP contribution in [0.1, 0.15) is 0 Å². The summed E-state index contributed by atoms with van der Waals surface area (Å²) in [6, 6.07) is 0. The normalized spacial score (nSPS) is 5.25. The van der Waals surface area contributed by atoms with Crippen molar-refractivity contribution in [1.29, 1.82) is 0 Å². The van der Waals surface area contributed by atoms with Gasteiger partial charge in [-0.2, -0.15) is 4.89 Å². The molecule has 0 aliphatic heterocycles. The minimum absolute atomic E-state index is 0. The Labute approximate surface area is 41.0 Å². The predicted octanol–water partition coefficient (Wildman–Crippen LogP) is -0.0848. The fourth-order valence-corrected chi connectivity index (χ4v) is 0. The van der Waals surface area contributed by atoms with Crippen molar-refractivity contribution in [2.45, 2.75) is 0 Å². The van der Waals surface area contributed by atoms with Gasteiger partial charge in [0.15, 0.2) is 0 Å². The Morgan fingerprint density at radius 2 is 1.75 bits per heavy atom. The maximum Gasteiger partial charge on any atom is 0.491 e. The van der Waals surface area contributed by atoms with Crippen LogP contribution in [-0.4, -0.2) is 4.89 Å². The van der Waals surface area contributed by atoms with E-state index in [1.807, 2.05) is 0 Å². The standard InChI is InChI=1S/Nb.HO2P/c;1-3-2/h;3H/p+1. The first-order chi connectivity index (χ1) is 1.41. The van der Waals surface area contributed by atoms with Crippen molar-refractivity contribution in [3.8, 4) is 0 Å². The average molecular weight is 158 g/mol. The third kappa shape index (κ3) is 14.2. The zero-order valence-corrected chi connectivity index (χ0v) is 5.00. The number of hydrogen-bond donors (Lipinski definition) is 1. The smallest absolute Gasteiger partial charge is 0.162 e. The zero-order chi connectivity index (χ0) is 2.71. The van der Waals surface area contributed by atoms with Crippen LogP contribution < -0.4 is 0 Å². The maximum atomic E-state index is 8.51. The van der Waals surface area contributed by atoms with Crippen molar-refractivity contribution in [3.05, 3.63) is 0 Å². The van der Waals surface area contributed by atoms with Gasteiger partial charge < -0.3 is 0 Å². The largest absolute Gasteiger partial charge is 0.491 e. The van der Waals surface area contributed by atoms with Crippen molar-refractivity contribution in [2.75, 3.05) is 0 Å². The van der Waals surface area contributed by atoms with Crippen LogP contribution in [0, 0.1) is 0 Å². The van der Waals surface area contributed by atoms with Crippen LogP contribution in [0.5, 0.6) is 0 Å². The van der Waals surface area contributed by atoms with E-state index in [1.165, 1.54) is 0 Å². The summed E-state index contributed by atoms with van der Waals surface area (Å²) in [7, 11) is -1.17. The predicted molar refractivity (Wildman–Crippen MR) is 11.2 cm³/mol. The zero-order valence-electron chi connectivity index (χ0n) is 1.80. The van der Waals surface area contributed by atoms with E-state index >= 15 is 0 Å². The summed E-state index contributed by atoms with van der Waals surface area (Å²) in [5.74, 6) is 0. The Bertz CT molecular complexity index is 13.5. The molecule has 0 aromatic carbocycles. The van der Waals surface area contributed by atoms with Crippen molar-refractivity contribution in [1.82, 2.24) is 0 Å². The van der Waals surface area contributed by atoms with Crippen molar-refractivity contribution < 1.29 is 31.8 Å². The quantitative estimate of drug-likeness (QED) is 0.395. The molecule has 4 heteroatoms. The molecule has 23 valence electrons. The molecule has 0 rings (SSSR count). The third-order valence-corrected chi connectivity index (χ3v) is 0. The summed E-state index contributed by atoms with van der Waals surface area (Å²) in [6.45, 7) is 0. The Hall–Kier alpha value is 0.800. The molecule has 0 saturated heterocycles. The minimum atomic E-state index is -1.17. The molecule has 0 fully saturated rings. The van der Waals surface area contributed by atoms with E-state index in [4.69, 9.17) is 9.46 Å². The van der Waals surface area contributed by atoms with Gasteiger partial charge in [0.05, 0.1) is 0 Å². The molecule has 0 spiro atoms. The first-order valence-corrected chi connectivity index (χ1v) is 1.28. The molecule has 4 heavy (non-hydrogen) atoms. The molecule has 0 bridgehead atoms. The van der Waals surface area contributed by atoms with Gasteiger partial charge in [-0.25, -0.2) is 0 Å². The first kappa shape index (κ1) is 8.84. The van der Waals surface area contributed by atoms with Gasteiger partial charge >= 0.3 is 8.69 Å². The van der Waals surface area contributed by atoms with Gasteiger partial charge in [0.25, 0.3) is 0 Å². The number of rotatable bonds is 0. The van der Waals surface area contributed by atoms with E-state index in [-0.39, 0.29) is 22.4 Å². The van der Waals surface area contributed by atoms with Crippen molar-refractivity contribution >= 4 is 8.69 Å². The van der Waals surface area contributed by atoms with Gasteiger partial charge in [0, 0.05) is 22.4 Å². The summed E-state index contributed by atoms with van der Waals surface area (Å²) in [4.78, 5) is 7.04. The molecule has 0 aliphatic carbocycles. The van der Waals surface area contributed by atoms with E-state index in [0.717, 1.165) is 0 Å². The number of hydrogen-bond acceptors (Lipinski definition) is 1. The van der Waals surface area contributed by atoms with Crippen LogP contribution in [0.3, 0.4) is 0 Å². The van der Waals surface area contributed by atoms with Gasteiger partial charge in [0.1, 0.15) is 0 Å². The summed E-state index contributed by atoms with van der Waals surface area (Å²) in [5.41, 5.74) is 0. The Balaban J connectivity index is 0. The van der Waals surface area contributed by atoms with Crippen LogP contribution >= 0.6 is 8.69 Å². The van der Waals surface area contributed by atoms with Crippen LogP contribution in [0.25, 0.3) is 0 Å². The molecular weight excluding hydrogens is 156 g/mol. The maximum absolute atomic E-state index is 8.51. The van der Waals surface area contributed by atoms with Crippen LogP contribution in [0.15, 0.2) is 0 Å². The molecule has 1 N–H and O–H groups in total. The monoisotopic (exact) mass is 158 g/mol. The van der Waals surface area contributed by atoms with Gasteiger partial charge in [0.2, 0.25) is 0 Å². The van der Waals surface area contributed by atoms with Gasteiger partial charge in [-0.1, -0.05) is 0 Å². The molecule has 1 unspecified atom stereocenters. The van der Waals surface area contributed by atoms with Crippen molar-refractivity contribution in [3.63, 3.8) is 0 Å². The average Bonchev–Trinajstić information content (AvgIpc) is 0.918. The summed E-state index contributed by atoms with van der Waals surface area (Å²) in [6.07, 6.45) is 0. The van der Waals surface area contributed by atoms with Crippen molar-refractivity contribution in [2.24, 2.45) is 0 Å². The van der Waals surface area contributed by atoms with E-state index in [2.05, 4.69) is 0 Å². The van der Waals surface area contributed by atoms with Gasteiger partial charge in [-0.15, -0.1) is 0 Å². The molecular formula is H2NbO2P+. The fourth-order valence-electron chi connectivity index (χ4n) is 0. The van der Waals surface area contributed by atoms with E-state index in [0.29, 0.717) is 0 Å². The molecule has 1 atom stereocenters. The molecule has 0 aromatic rings. The Morgan fingerprint density at radius 1 is 1.75 bits per heavy atom. The second kappa shape index (κ2) is 9.19. The van der Waals surface area contributed by atoms with Crippen LogP contribution in [0.2, 0.25) is 0 Å². The molecule has 0 aliphatic rings. The van der Waals surface area contributed by atoms with E-state index in [1.54, 1.807) is 0 Å². The molecule has 0 saturated carbocycles. The van der Waals surface area contributed by atoms with Crippen LogP contribution in [-0.2, 0) is 26.9 Å². The molecule has 1 radical (unpaired) electrons. The Kier molecular flexibility index (Phi) is 20.3. The van der Waals surface area contributed by atoms with Crippen LogP contribution in [0.4, 0.5) is 0 Å². The van der Waals surface area contributed by atoms with E-state index < -0.39 is 8.69 Å². The van der Waals surface area contributed by atoms with Gasteiger partial charge in [-0.3, -0.25) is 0 Å². The van der Waals surface area contributed by atoms with Gasteiger partial charge in [-0.05, 0) is 4.57 Å². The second-order valence-electron chi connectivity index (χ2n) is 0.0913. The third-order valence-electron chi connectivity index (χ3n) is 0. The fraction of sp³-hybridized carbons (Fsp3) is 0. The summed E-state index contributed by atoms with van der Waals surface area (Å²) < 4.78 is 8.51. The summed E-state index contributed by atoms with van der Waals surface area (Å²) >= 11 is 0. The topological polar surface area (TPSA) is 37.3 Å². The molecule has 0 aromatic heterocycles. The first-order valence-electron chi connectivity index (χ1n) is 0.428. The molecule has 0 amide bonds.